The summed E-state index contributed by atoms with van der Waals surface area (Å²) in [6, 6.07) is 8.40. The second-order valence-corrected chi connectivity index (χ2v) is 5.15. The summed E-state index contributed by atoms with van der Waals surface area (Å²) in [5, 5.41) is 5.09. The third-order valence-electron chi connectivity index (χ3n) is 3.25. The summed E-state index contributed by atoms with van der Waals surface area (Å²) >= 11 is 0. The van der Waals surface area contributed by atoms with Gasteiger partial charge < -0.3 is 21.1 Å². The van der Waals surface area contributed by atoms with Crippen molar-refractivity contribution >= 4 is 17.9 Å². The number of nitrogens with one attached hydrogen (secondary N) is 2. The maximum Gasteiger partial charge on any atom is 0.408 e. The predicted molar refractivity (Wildman–Crippen MR) is 89.8 cm³/mol. The fourth-order valence-corrected chi connectivity index (χ4v) is 1.95. The molecule has 1 aromatic rings. The molecule has 0 radical (unpaired) electrons. The van der Waals surface area contributed by atoms with Crippen LogP contribution in [-0.2, 0) is 20.9 Å². The summed E-state index contributed by atoms with van der Waals surface area (Å²) < 4.78 is 5.06. The van der Waals surface area contributed by atoms with Crippen LogP contribution in [0.5, 0.6) is 0 Å². The lowest BCUT2D eigenvalue weighted by Crippen LogP contribution is -2.44. The minimum atomic E-state index is -0.802. The Labute approximate surface area is 141 Å². The van der Waals surface area contributed by atoms with E-state index < -0.39 is 18.0 Å². The molecule has 0 bridgehead atoms. The van der Waals surface area contributed by atoms with Crippen LogP contribution in [0.2, 0.25) is 0 Å². The van der Waals surface area contributed by atoms with E-state index in [1.54, 1.807) is 0 Å². The van der Waals surface area contributed by atoms with Crippen LogP contribution < -0.4 is 16.4 Å². The van der Waals surface area contributed by atoms with E-state index in [1.165, 1.54) is 6.08 Å². The summed E-state index contributed by atoms with van der Waals surface area (Å²) in [6.07, 6.45) is 2.15. The highest BCUT2D eigenvalue weighted by Gasteiger charge is 2.18. The quantitative estimate of drug-likeness (QED) is 0.442. The Bertz CT molecular complexity index is 560. The van der Waals surface area contributed by atoms with Crippen molar-refractivity contribution in [2.24, 2.45) is 5.73 Å². The molecule has 0 aliphatic carbocycles. The van der Waals surface area contributed by atoms with Crippen molar-refractivity contribution in [1.29, 1.82) is 0 Å². The van der Waals surface area contributed by atoms with Crippen LogP contribution in [0.3, 0.4) is 0 Å². The van der Waals surface area contributed by atoms with Crippen LogP contribution in [-0.4, -0.2) is 30.5 Å². The van der Waals surface area contributed by atoms with Crippen molar-refractivity contribution in [3.05, 3.63) is 48.6 Å². The molecule has 1 atom stereocenters. The third kappa shape index (κ3) is 7.98. The number of unbranched alkanes of at least 4 members (excludes halogenated alkanes) is 1. The monoisotopic (exact) mass is 333 g/mol. The summed E-state index contributed by atoms with van der Waals surface area (Å²) in [4.78, 5) is 34.1. The van der Waals surface area contributed by atoms with Crippen molar-refractivity contribution < 1.29 is 19.1 Å². The molecule has 130 valence electrons. The zero-order valence-corrected chi connectivity index (χ0v) is 13.5. The lowest BCUT2D eigenvalue weighted by molar-refractivity contribution is -0.120. The Morgan fingerprint density at radius 1 is 1.21 bits per heavy atom. The molecule has 0 aliphatic rings. The number of benzene rings is 1. The lowest BCUT2D eigenvalue weighted by Gasteiger charge is -2.15. The fraction of sp³-hybridized carbons (Fsp3) is 0.353. The standard InChI is InChI=1S/C17H23N3O4/c1-2-15(21)19-11-7-6-10-14(16(18)22)20-17(23)24-12-13-8-4-3-5-9-13/h2-5,8-9,14H,1,6-7,10-12H2,(H2,18,22)(H,19,21)(H,20,23)/t14-/m0/s1. The number of nitrogens with two attached hydrogens (primary N) is 1. The van der Waals surface area contributed by atoms with Crippen LogP contribution in [0.1, 0.15) is 24.8 Å². The molecule has 24 heavy (non-hydrogen) atoms. The molecule has 0 saturated carbocycles. The minimum Gasteiger partial charge on any atom is -0.445 e. The van der Waals surface area contributed by atoms with Crippen LogP contribution in [0.15, 0.2) is 43.0 Å². The molecule has 7 heteroatoms. The van der Waals surface area contributed by atoms with Gasteiger partial charge >= 0.3 is 6.09 Å². The Morgan fingerprint density at radius 3 is 2.54 bits per heavy atom. The van der Waals surface area contributed by atoms with E-state index in [0.29, 0.717) is 25.8 Å². The van der Waals surface area contributed by atoms with E-state index in [0.717, 1.165) is 5.56 Å². The minimum absolute atomic E-state index is 0.117. The predicted octanol–water partition coefficient (Wildman–Crippen LogP) is 1.24. The zero-order valence-electron chi connectivity index (χ0n) is 13.5. The van der Waals surface area contributed by atoms with Crippen molar-refractivity contribution in [3.8, 4) is 0 Å². The number of primary amides is 1. The number of hydrogen-bond acceptors (Lipinski definition) is 4. The highest BCUT2D eigenvalue weighted by atomic mass is 16.5. The van der Waals surface area contributed by atoms with E-state index in [-0.39, 0.29) is 12.5 Å². The first-order valence-corrected chi connectivity index (χ1v) is 7.69. The van der Waals surface area contributed by atoms with E-state index in [2.05, 4.69) is 17.2 Å². The van der Waals surface area contributed by atoms with Gasteiger partial charge in [0.15, 0.2) is 0 Å². The van der Waals surface area contributed by atoms with Crippen molar-refractivity contribution in [3.63, 3.8) is 0 Å². The topological polar surface area (TPSA) is 111 Å². The van der Waals surface area contributed by atoms with E-state index in [4.69, 9.17) is 10.5 Å². The molecule has 0 fully saturated rings. The van der Waals surface area contributed by atoms with Crippen LogP contribution >= 0.6 is 0 Å². The maximum atomic E-state index is 11.7. The smallest absolute Gasteiger partial charge is 0.408 e. The van der Waals surface area contributed by atoms with E-state index >= 15 is 0 Å². The van der Waals surface area contributed by atoms with E-state index in [1.807, 2.05) is 30.3 Å². The Kier molecular flexibility index (Phi) is 8.67. The molecule has 0 spiro atoms. The molecule has 1 aromatic carbocycles. The molecule has 0 saturated heterocycles. The Morgan fingerprint density at radius 2 is 1.92 bits per heavy atom. The summed E-state index contributed by atoms with van der Waals surface area (Å²) in [5.74, 6) is -0.870. The average molecular weight is 333 g/mol. The molecule has 7 nitrogen and oxygen atoms in total. The number of ether oxygens (including phenoxy) is 1. The van der Waals surface area contributed by atoms with Crippen LogP contribution in [0.4, 0.5) is 4.79 Å². The van der Waals surface area contributed by atoms with Gasteiger partial charge in [-0.3, -0.25) is 9.59 Å². The summed E-state index contributed by atoms with van der Waals surface area (Å²) in [5.41, 5.74) is 6.13. The second kappa shape index (κ2) is 10.8. The highest BCUT2D eigenvalue weighted by molar-refractivity contribution is 5.86. The van der Waals surface area contributed by atoms with E-state index in [9.17, 15) is 14.4 Å². The highest BCUT2D eigenvalue weighted by Crippen LogP contribution is 2.03. The van der Waals surface area contributed by atoms with Crippen molar-refractivity contribution in [2.45, 2.75) is 31.9 Å². The summed E-state index contributed by atoms with van der Waals surface area (Å²) in [7, 11) is 0. The number of alkyl carbamates (subject to hydrolysis) is 1. The number of hydrogen-bond donors (Lipinski definition) is 3. The van der Waals surface area contributed by atoms with Gasteiger partial charge in [-0.2, -0.15) is 0 Å². The first-order valence-electron chi connectivity index (χ1n) is 7.69. The van der Waals surface area contributed by atoms with Gasteiger partial charge in [0.25, 0.3) is 0 Å². The molecule has 1 rings (SSSR count). The zero-order chi connectivity index (χ0) is 17.8. The number of carbonyl (C=O) groups excluding carboxylic acids is 3. The van der Waals surface area contributed by atoms with Crippen molar-refractivity contribution in [1.82, 2.24) is 10.6 Å². The molecular formula is C17H23N3O4. The average Bonchev–Trinajstić information content (AvgIpc) is 2.59. The van der Waals surface area contributed by atoms with Gasteiger partial charge in [-0.15, -0.1) is 0 Å². The van der Waals surface area contributed by atoms with Crippen molar-refractivity contribution in [2.75, 3.05) is 6.54 Å². The van der Waals surface area contributed by atoms with Gasteiger partial charge in [-0.25, -0.2) is 4.79 Å². The molecule has 0 unspecified atom stereocenters. The normalized spacial score (nSPS) is 11.2. The second-order valence-electron chi connectivity index (χ2n) is 5.15. The third-order valence-corrected chi connectivity index (χ3v) is 3.25. The largest absolute Gasteiger partial charge is 0.445 e. The SMILES string of the molecule is C=CC(=O)NCCCC[C@H](NC(=O)OCc1ccccc1)C(N)=O. The summed E-state index contributed by atoms with van der Waals surface area (Å²) in [6.45, 7) is 3.93. The molecule has 0 aromatic heterocycles. The van der Waals surface area contributed by atoms with Gasteiger partial charge in [-0.1, -0.05) is 36.9 Å². The molecule has 0 heterocycles. The molecule has 4 N–H and O–H groups in total. The van der Waals surface area contributed by atoms with Crippen LogP contribution in [0.25, 0.3) is 0 Å². The Hall–Kier alpha value is -2.83. The first kappa shape index (κ1) is 19.2. The number of rotatable bonds is 10. The van der Waals surface area contributed by atoms with Gasteiger partial charge in [0.05, 0.1) is 0 Å². The number of amides is 3. The first-order chi connectivity index (χ1) is 11.5. The van der Waals surface area contributed by atoms with Crippen LogP contribution in [0, 0.1) is 0 Å². The molecule has 3 amide bonds. The van der Waals surface area contributed by atoms with Gasteiger partial charge in [0.2, 0.25) is 11.8 Å². The molecule has 0 aliphatic heterocycles. The fourth-order valence-electron chi connectivity index (χ4n) is 1.95. The molecular weight excluding hydrogens is 310 g/mol. The Balaban J connectivity index is 2.29. The number of carbonyl (C=O) groups is 3. The van der Waals surface area contributed by atoms with Gasteiger partial charge in [0, 0.05) is 6.54 Å². The maximum absolute atomic E-state index is 11.7. The van der Waals surface area contributed by atoms with Gasteiger partial charge in [-0.05, 0) is 30.9 Å². The van der Waals surface area contributed by atoms with Gasteiger partial charge in [0.1, 0.15) is 12.6 Å². The lowest BCUT2D eigenvalue weighted by atomic mass is 10.1.